The fourth-order valence-electron chi connectivity index (χ4n) is 12.4. The summed E-state index contributed by atoms with van der Waals surface area (Å²) in [5.74, 6) is -16.7. The molecule has 0 radical (unpaired) electrons. The molecule has 0 spiro atoms. The van der Waals surface area contributed by atoms with Crippen LogP contribution < -0.4 is 62.9 Å². The van der Waals surface area contributed by atoms with Crippen molar-refractivity contribution in [3.63, 3.8) is 0 Å². The van der Waals surface area contributed by atoms with Gasteiger partial charge < -0.3 is 123 Å². The van der Waals surface area contributed by atoms with Gasteiger partial charge in [0.05, 0.1) is 34.7 Å². The molecule has 5 aromatic rings. The minimum atomic E-state index is -2.35. The van der Waals surface area contributed by atoms with E-state index in [0.29, 0.717) is 0 Å². The van der Waals surface area contributed by atoms with E-state index in [9.17, 15) is 69.9 Å². The number of nitrogens with one attached hydrogen (secondary N) is 7. The molecular weight excluding hydrogens is 1370 g/mol. The van der Waals surface area contributed by atoms with Crippen molar-refractivity contribution < 1.29 is 118 Å². The van der Waals surface area contributed by atoms with Crippen LogP contribution in [0, 0.1) is 5.92 Å². The fraction of sp³-hybridized carbons (Fsp3) is 0.409. The highest BCUT2D eigenvalue weighted by Crippen LogP contribution is 2.50. The highest BCUT2D eigenvalue weighted by molar-refractivity contribution is 6.32. The van der Waals surface area contributed by atoms with Gasteiger partial charge in [0.1, 0.15) is 102 Å². The lowest BCUT2D eigenvalue weighted by atomic mass is 9.88. The van der Waals surface area contributed by atoms with Crippen LogP contribution in [0.1, 0.15) is 105 Å². The molecule has 2 fully saturated rings. The predicted molar refractivity (Wildman–Crippen MR) is 348 cm³/mol. The Morgan fingerprint density at radius 2 is 1.33 bits per heavy atom. The number of ether oxygens (including phenoxy) is 6. The number of benzene rings is 5. The number of aliphatic hydroxyl groups is 5. The van der Waals surface area contributed by atoms with Gasteiger partial charge in [-0.25, -0.2) is 4.79 Å². The average Bonchev–Trinajstić information content (AvgIpc) is 0.770. The lowest BCUT2D eigenvalue weighted by Gasteiger charge is -2.40. The molecule has 35 heteroatoms. The molecule has 101 heavy (non-hydrogen) atoms. The number of Topliss-reactive ketones (excluding diaryl/α,β-unsaturated/α-hetero) is 1. The average molecular weight is 1450 g/mol. The van der Waals surface area contributed by atoms with Crippen molar-refractivity contribution in [3.8, 4) is 57.1 Å². The third kappa shape index (κ3) is 15.7. The standard InChI is InChI=1S/C66H73Cl2N9O24/c1-23(2)12-34(71-5)58(88)76-49-51(83)26-7-10-38(32(67)14-26)97-40-16-28-17-41(56(40)101-65-54(86)53(85)52(84)42(22-78)99-65)98-39-11-8-27(15-33(39)68)55(100-44-21-66(4,70)57(87)24(3)96-44)50-63(93)75-48(64(94)95)31-18-29(79)19-37(81)45(31)30-13-25(6-9-36(30)80)46(60(90)77-50)74-61(91)47(28)73-59(89)35(20-43(69)82)72-62(49)92/h6-11,13-19,23-24,34-35,42,44,46-55,65,71,78-81,83-86H,12,20-22,70H2,1-5H3,(H2,69,82)(H,72,92)(H,73,89)(H,74,91)(H,75,93)(H,76,88)(H,77,90)(H,94,95)/t24-,34+,35?,42+,44?,46?,47?,48?,49?,50?,51?,52+,53-,54+,55?,65?,66-/m0/s1. The summed E-state index contributed by atoms with van der Waals surface area (Å²) in [7, 11) is 1.47. The summed E-state index contributed by atoms with van der Waals surface area (Å²) in [6.45, 7) is 5.40. The number of hydrogen-bond acceptors (Lipinski definition) is 25. The van der Waals surface area contributed by atoms with Gasteiger partial charge >= 0.3 is 5.97 Å². The minimum Gasteiger partial charge on any atom is -0.508 e. The van der Waals surface area contributed by atoms with Crippen LogP contribution >= 0.6 is 23.2 Å². The zero-order valence-electron chi connectivity index (χ0n) is 54.2. The number of phenolic OH excluding ortho intramolecular Hbond substituents is 3. The van der Waals surface area contributed by atoms with Crippen LogP contribution in [0.2, 0.25) is 10.0 Å². The second-order valence-corrected chi connectivity index (χ2v) is 26.3. The summed E-state index contributed by atoms with van der Waals surface area (Å²) in [4.78, 5) is 132. The maximum atomic E-state index is 16.1. The van der Waals surface area contributed by atoms with E-state index in [0.717, 1.165) is 60.7 Å². The Morgan fingerprint density at radius 3 is 1.93 bits per heavy atom. The number of nitrogens with two attached hydrogens (primary N) is 2. The van der Waals surface area contributed by atoms with Crippen LogP contribution in [-0.4, -0.2) is 186 Å². The van der Waals surface area contributed by atoms with Crippen LogP contribution in [-0.2, 0) is 57.4 Å². The van der Waals surface area contributed by atoms with Crippen molar-refractivity contribution in [2.45, 2.75) is 150 Å². The van der Waals surface area contributed by atoms with E-state index in [1.54, 1.807) is 0 Å². The topological polar surface area (TPSA) is 527 Å². The number of phenols is 3. The number of carboxylic acids is 1. The SMILES string of the molecule is CN[C@H](CC(C)C)C(=O)NC1C(=O)NC(CC(N)=O)C(=O)NC2C(=O)NC3C(=O)NC(C(=O)NC(C(=O)O)c4cc(O)cc(O)c4-c4cc3ccc4O)C(OC3C[C@](C)(N)C(=O)[C@H](C)O3)c3ccc(c(Cl)c3)Oc3cc2cc(c3OC2O[C@H](CO)[C@@H](O)[C@H](O)[C@H]2O)Oc2ccc(cc2Cl)C1O. The van der Waals surface area contributed by atoms with Crippen molar-refractivity contribution in [2.24, 2.45) is 17.4 Å². The number of rotatable bonds is 13. The van der Waals surface area contributed by atoms with Gasteiger partial charge in [-0.1, -0.05) is 55.2 Å². The number of amides is 7. The minimum absolute atomic E-state index is 0.0975. The van der Waals surface area contributed by atoms with E-state index in [1.807, 2.05) is 13.8 Å². The summed E-state index contributed by atoms with van der Waals surface area (Å²) in [6, 6.07) is -0.561. The molecule has 540 valence electrons. The Balaban J connectivity index is 1.26. The summed E-state index contributed by atoms with van der Waals surface area (Å²) in [5, 5.41) is 118. The smallest absolute Gasteiger partial charge is 0.330 e. The molecule has 0 aliphatic carbocycles. The largest absolute Gasteiger partial charge is 0.508 e. The summed E-state index contributed by atoms with van der Waals surface area (Å²) in [5.41, 5.74) is 7.78. The molecular formula is C66H73Cl2N9O24. The normalized spacial score (nSPS) is 28.7. The number of carbonyl (C=O) groups excluding carboxylic acids is 8. The number of halogens is 2. The molecule has 2 saturated heterocycles. The summed E-state index contributed by atoms with van der Waals surface area (Å²) in [6.07, 6.45) is -18.1. The lowest BCUT2D eigenvalue weighted by molar-refractivity contribution is -0.277. The maximum absolute atomic E-state index is 16.1. The highest BCUT2D eigenvalue weighted by Gasteiger charge is 2.49. The van der Waals surface area contributed by atoms with Gasteiger partial charge in [-0.15, -0.1) is 0 Å². The number of carboxylic acid groups (broad SMARTS) is 1. The molecule has 7 aliphatic heterocycles. The van der Waals surface area contributed by atoms with Crippen molar-refractivity contribution in [2.75, 3.05) is 13.7 Å². The second-order valence-electron chi connectivity index (χ2n) is 25.5. The van der Waals surface area contributed by atoms with Crippen LogP contribution in [0.15, 0.2) is 78.9 Å². The molecule has 7 aliphatic rings. The Morgan fingerprint density at radius 1 is 0.713 bits per heavy atom. The number of hydrogen-bond donors (Lipinski definition) is 18. The van der Waals surface area contributed by atoms with Gasteiger partial charge in [-0.05, 0) is 110 Å². The highest BCUT2D eigenvalue weighted by atomic mass is 35.5. The van der Waals surface area contributed by atoms with Crippen LogP contribution in [0.4, 0.5) is 0 Å². The molecule has 20 N–H and O–H groups in total. The van der Waals surface area contributed by atoms with Gasteiger partial charge in [-0.2, -0.15) is 0 Å². The number of fused-ring (bicyclic) bond motifs is 15. The quantitative estimate of drug-likeness (QED) is 0.0754. The van der Waals surface area contributed by atoms with E-state index in [-0.39, 0.29) is 39.8 Å². The number of aromatic hydroxyl groups is 3. The number of primary amides is 1. The number of aliphatic carboxylic acids is 1. The molecule has 7 heterocycles. The summed E-state index contributed by atoms with van der Waals surface area (Å²) >= 11 is 14.2. The van der Waals surface area contributed by atoms with Gasteiger partial charge in [0.25, 0.3) is 0 Å². The van der Waals surface area contributed by atoms with Crippen molar-refractivity contribution >= 4 is 76.3 Å². The number of likely N-dealkylation sites (N-methyl/N-ethyl adjacent to an activating group) is 1. The monoisotopic (exact) mass is 1450 g/mol. The van der Waals surface area contributed by atoms with Crippen LogP contribution in [0.25, 0.3) is 11.1 Å². The van der Waals surface area contributed by atoms with Gasteiger partial charge in [0.15, 0.2) is 29.6 Å². The fourth-order valence-corrected chi connectivity index (χ4v) is 12.8. The van der Waals surface area contributed by atoms with Gasteiger partial charge in [-0.3, -0.25) is 38.4 Å². The van der Waals surface area contributed by atoms with E-state index < -0.39 is 243 Å². The Bertz CT molecular complexity index is 4130. The van der Waals surface area contributed by atoms with E-state index >= 15 is 19.2 Å². The summed E-state index contributed by atoms with van der Waals surface area (Å²) < 4.78 is 37.8. The third-order valence-electron chi connectivity index (χ3n) is 17.5. The molecule has 10 unspecified atom stereocenters. The second kappa shape index (κ2) is 30.0. The Kier molecular flexibility index (Phi) is 22.0. The molecule has 17 atom stereocenters. The molecule has 0 saturated carbocycles. The molecule has 7 amide bonds. The van der Waals surface area contributed by atoms with E-state index in [2.05, 4.69) is 37.2 Å². The van der Waals surface area contributed by atoms with E-state index in [4.69, 9.17) is 63.1 Å². The van der Waals surface area contributed by atoms with Crippen molar-refractivity contribution in [1.29, 1.82) is 0 Å². The third-order valence-corrected chi connectivity index (χ3v) is 18.1. The molecule has 12 rings (SSSR count). The number of carbonyl (C=O) groups is 9. The van der Waals surface area contributed by atoms with Crippen LogP contribution in [0.5, 0.6) is 46.0 Å². The van der Waals surface area contributed by atoms with Crippen molar-refractivity contribution in [1.82, 2.24) is 37.2 Å². The number of aliphatic hydroxyl groups excluding tert-OH is 5. The van der Waals surface area contributed by atoms with Crippen LogP contribution in [0.3, 0.4) is 0 Å². The Labute approximate surface area is 583 Å². The zero-order valence-corrected chi connectivity index (χ0v) is 55.7. The molecule has 11 bridgehead atoms. The first-order valence-corrected chi connectivity index (χ1v) is 32.2. The predicted octanol–water partition coefficient (Wildman–Crippen LogP) is 0.314. The Hall–Kier alpha value is -9.49. The first-order chi connectivity index (χ1) is 47.7. The zero-order chi connectivity index (χ0) is 73.5. The maximum Gasteiger partial charge on any atom is 0.330 e. The van der Waals surface area contributed by atoms with Gasteiger partial charge in [0, 0.05) is 29.2 Å². The first-order valence-electron chi connectivity index (χ1n) is 31.5. The van der Waals surface area contributed by atoms with E-state index in [1.165, 1.54) is 39.1 Å². The molecule has 0 aromatic heterocycles. The number of ketones is 1. The first kappa shape index (κ1) is 74.2. The van der Waals surface area contributed by atoms with Crippen molar-refractivity contribution in [3.05, 3.63) is 117 Å². The molecule has 33 nitrogen and oxygen atoms in total. The van der Waals surface area contributed by atoms with Gasteiger partial charge in [0.2, 0.25) is 53.4 Å². The molecule has 5 aromatic carbocycles. The lowest BCUT2D eigenvalue weighted by Crippen LogP contribution is -2.60.